The van der Waals surface area contributed by atoms with E-state index in [0.717, 1.165) is 28.3 Å². The lowest BCUT2D eigenvalue weighted by atomic mass is 10.1. The number of ether oxygens (including phenoxy) is 1. The van der Waals surface area contributed by atoms with Crippen LogP contribution in [0.3, 0.4) is 0 Å². The number of nitrogens with zero attached hydrogens (tertiary/aromatic N) is 4. The van der Waals surface area contributed by atoms with E-state index >= 15 is 0 Å². The number of aryl methyl sites for hydroxylation is 2. The Morgan fingerprint density at radius 2 is 2.00 bits per heavy atom. The highest BCUT2D eigenvalue weighted by Crippen LogP contribution is 2.19. The summed E-state index contributed by atoms with van der Waals surface area (Å²) in [6.07, 6.45) is 2.50. The van der Waals surface area contributed by atoms with Crippen LogP contribution in [0, 0.1) is 13.8 Å². The number of carbonyl (C=O) groups is 1. The van der Waals surface area contributed by atoms with Crippen LogP contribution in [0.1, 0.15) is 48.8 Å². The maximum atomic E-state index is 12.4. The van der Waals surface area contributed by atoms with Crippen molar-refractivity contribution < 1.29 is 9.53 Å². The van der Waals surface area contributed by atoms with Crippen LogP contribution < -0.4 is 10.1 Å². The molecule has 0 radical (unpaired) electrons. The van der Waals surface area contributed by atoms with Gasteiger partial charge in [0.2, 0.25) is 5.91 Å². The van der Waals surface area contributed by atoms with Crippen LogP contribution in [0.5, 0.6) is 5.75 Å². The van der Waals surface area contributed by atoms with Crippen molar-refractivity contribution >= 4 is 11.7 Å². The molecular weight excluding hydrogens is 342 g/mol. The Kier molecular flexibility index (Phi) is 5.69. The fraction of sp³-hybridized carbons (Fsp3) is 0.400. The first-order valence-corrected chi connectivity index (χ1v) is 9.17. The lowest BCUT2D eigenvalue weighted by Gasteiger charge is -2.16. The molecule has 0 fully saturated rings. The normalized spacial score (nSPS) is 12.1. The summed E-state index contributed by atoms with van der Waals surface area (Å²) in [5, 5.41) is 7.24. The number of aromatic nitrogens is 4. The molecule has 0 saturated carbocycles. The van der Waals surface area contributed by atoms with Gasteiger partial charge >= 0.3 is 0 Å². The molecule has 3 rings (SSSR count). The lowest BCUT2D eigenvalue weighted by Crippen LogP contribution is -2.27. The summed E-state index contributed by atoms with van der Waals surface area (Å²) < 4.78 is 7.16. The van der Waals surface area contributed by atoms with Crippen LogP contribution in [-0.2, 0) is 11.2 Å². The van der Waals surface area contributed by atoms with Crippen molar-refractivity contribution in [2.45, 2.75) is 46.6 Å². The standard InChI is InChI=1S/C20H25N5O2/c1-5-27-17-8-6-16(7-9-17)13(2)23-19(26)11-10-18-14(3)24-20-21-12-22-25(20)15(18)4/h6-9,12-13H,5,10-11H2,1-4H3,(H,23,26). The fourth-order valence-corrected chi connectivity index (χ4v) is 3.17. The van der Waals surface area contributed by atoms with Crippen molar-refractivity contribution in [1.82, 2.24) is 24.9 Å². The largest absolute Gasteiger partial charge is 0.494 e. The first-order chi connectivity index (χ1) is 13.0. The SMILES string of the molecule is CCOc1ccc(C(C)NC(=O)CCc2c(C)nc3ncnn3c2C)cc1. The van der Waals surface area contributed by atoms with Crippen LogP contribution in [0.15, 0.2) is 30.6 Å². The number of amides is 1. The van der Waals surface area contributed by atoms with E-state index in [1.165, 1.54) is 6.33 Å². The molecule has 0 saturated heterocycles. The Morgan fingerprint density at radius 3 is 2.70 bits per heavy atom. The van der Waals surface area contributed by atoms with E-state index < -0.39 is 0 Å². The highest BCUT2D eigenvalue weighted by atomic mass is 16.5. The minimum Gasteiger partial charge on any atom is -0.494 e. The number of benzene rings is 1. The topological polar surface area (TPSA) is 81.4 Å². The van der Waals surface area contributed by atoms with Crippen molar-refractivity contribution in [1.29, 1.82) is 0 Å². The van der Waals surface area contributed by atoms with Crippen LogP contribution in [-0.4, -0.2) is 32.1 Å². The van der Waals surface area contributed by atoms with E-state index in [2.05, 4.69) is 20.4 Å². The number of hydrogen-bond donors (Lipinski definition) is 1. The van der Waals surface area contributed by atoms with Crippen LogP contribution in [0.25, 0.3) is 5.78 Å². The van der Waals surface area contributed by atoms with Crippen LogP contribution >= 0.6 is 0 Å². The van der Waals surface area contributed by atoms with E-state index in [1.807, 2.05) is 52.0 Å². The molecule has 2 aromatic heterocycles. The average Bonchev–Trinajstić information content (AvgIpc) is 3.11. The number of fused-ring (bicyclic) bond motifs is 1. The number of hydrogen-bond acceptors (Lipinski definition) is 5. The number of nitrogens with one attached hydrogen (secondary N) is 1. The molecule has 7 heteroatoms. The van der Waals surface area contributed by atoms with Gasteiger partial charge in [0.1, 0.15) is 12.1 Å². The van der Waals surface area contributed by atoms with Gasteiger partial charge < -0.3 is 10.1 Å². The molecule has 142 valence electrons. The van der Waals surface area contributed by atoms with Gasteiger partial charge in [-0.1, -0.05) is 12.1 Å². The summed E-state index contributed by atoms with van der Waals surface area (Å²) in [6, 6.07) is 7.74. The van der Waals surface area contributed by atoms with Gasteiger partial charge in [0.25, 0.3) is 5.78 Å². The molecule has 2 heterocycles. The van der Waals surface area contributed by atoms with Gasteiger partial charge in [0, 0.05) is 17.8 Å². The maximum Gasteiger partial charge on any atom is 0.252 e. The molecule has 0 aliphatic rings. The molecule has 3 aromatic rings. The highest BCUT2D eigenvalue weighted by molar-refractivity contribution is 5.76. The molecule has 7 nitrogen and oxygen atoms in total. The third-order valence-electron chi connectivity index (χ3n) is 4.66. The van der Waals surface area contributed by atoms with Gasteiger partial charge in [0.15, 0.2) is 0 Å². The van der Waals surface area contributed by atoms with Crippen molar-refractivity contribution in [3.05, 3.63) is 53.1 Å². The zero-order valence-electron chi connectivity index (χ0n) is 16.2. The van der Waals surface area contributed by atoms with Crippen molar-refractivity contribution in [2.75, 3.05) is 6.61 Å². The summed E-state index contributed by atoms with van der Waals surface area (Å²) in [5.41, 5.74) is 3.95. The monoisotopic (exact) mass is 367 g/mol. The highest BCUT2D eigenvalue weighted by Gasteiger charge is 2.14. The second-order valence-corrected chi connectivity index (χ2v) is 6.52. The second-order valence-electron chi connectivity index (χ2n) is 6.52. The Labute approximate surface area is 158 Å². The molecule has 0 aliphatic heterocycles. The second kappa shape index (κ2) is 8.16. The molecule has 0 bridgehead atoms. The molecule has 1 N–H and O–H groups in total. The maximum absolute atomic E-state index is 12.4. The Hall–Kier alpha value is -2.96. The summed E-state index contributed by atoms with van der Waals surface area (Å²) in [7, 11) is 0. The van der Waals surface area contributed by atoms with Gasteiger partial charge in [-0.05, 0) is 57.4 Å². The predicted molar refractivity (Wildman–Crippen MR) is 103 cm³/mol. The predicted octanol–water partition coefficient (Wildman–Crippen LogP) is 2.95. The van der Waals surface area contributed by atoms with Crippen LogP contribution in [0.2, 0.25) is 0 Å². The molecule has 0 spiro atoms. The van der Waals surface area contributed by atoms with E-state index in [1.54, 1.807) is 4.52 Å². The molecule has 27 heavy (non-hydrogen) atoms. The van der Waals surface area contributed by atoms with E-state index in [9.17, 15) is 4.79 Å². The summed E-state index contributed by atoms with van der Waals surface area (Å²) >= 11 is 0. The summed E-state index contributed by atoms with van der Waals surface area (Å²) in [4.78, 5) is 21.0. The Balaban J connectivity index is 1.61. The minimum atomic E-state index is -0.0636. The quantitative estimate of drug-likeness (QED) is 0.694. The Bertz CT molecular complexity index is 933. The zero-order valence-corrected chi connectivity index (χ0v) is 16.2. The first kappa shape index (κ1) is 18.8. The van der Waals surface area contributed by atoms with Gasteiger partial charge in [-0.15, -0.1) is 0 Å². The van der Waals surface area contributed by atoms with Crippen LogP contribution in [0.4, 0.5) is 0 Å². The molecule has 1 atom stereocenters. The molecule has 0 aliphatic carbocycles. The van der Waals surface area contributed by atoms with Crippen molar-refractivity contribution in [2.24, 2.45) is 0 Å². The lowest BCUT2D eigenvalue weighted by molar-refractivity contribution is -0.121. The fourth-order valence-electron chi connectivity index (χ4n) is 3.17. The first-order valence-electron chi connectivity index (χ1n) is 9.17. The third kappa shape index (κ3) is 4.24. The molecule has 1 amide bonds. The van der Waals surface area contributed by atoms with E-state index in [-0.39, 0.29) is 11.9 Å². The molecule has 1 aromatic carbocycles. The van der Waals surface area contributed by atoms with Gasteiger partial charge in [0.05, 0.1) is 12.6 Å². The average molecular weight is 367 g/mol. The van der Waals surface area contributed by atoms with Gasteiger partial charge in [-0.25, -0.2) is 9.50 Å². The molecular formula is C20H25N5O2. The minimum absolute atomic E-state index is 0.00821. The van der Waals surface area contributed by atoms with Gasteiger partial charge in [-0.3, -0.25) is 4.79 Å². The van der Waals surface area contributed by atoms with Gasteiger partial charge in [-0.2, -0.15) is 10.1 Å². The summed E-state index contributed by atoms with van der Waals surface area (Å²) in [5.74, 6) is 1.43. The number of carbonyl (C=O) groups excluding carboxylic acids is 1. The van der Waals surface area contributed by atoms with E-state index in [0.29, 0.717) is 25.2 Å². The summed E-state index contributed by atoms with van der Waals surface area (Å²) in [6.45, 7) is 8.49. The zero-order chi connectivity index (χ0) is 19.4. The van der Waals surface area contributed by atoms with Crippen molar-refractivity contribution in [3.63, 3.8) is 0 Å². The van der Waals surface area contributed by atoms with Crippen molar-refractivity contribution in [3.8, 4) is 5.75 Å². The number of rotatable bonds is 7. The third-order valence-corrected chi connectivity index (χ3v) is 4.66. The Morgan fingerprint density at radius 1 is 1.26 bits per heavy atom. The molecule has 1 unspecified atom stereocenters. The van der Waals surface area contributed by atoms with E-state index in [4.69, 9.17) is 4.74 Å². The smallest absolute Gasteiger partial charge is 0.252 e.